The van der Waals surface area contributed by atoms with Crippen LogP contribution in [-0.4, -0.2) is 18.0 Å². The molecule has 1 aliphatic rings. The van der Waals surface area contributed by atoms with E-state index in [0.29, 0.717) is 0 Å². The van der Waals surface area contributed by atoms with Crippen molar-refractivity contribution in [1.82, 2.24) is 4.90 Å². The number of aryl methyl sites for hydroxylation is 2. The van der Waals surface area contributed by atoms with Gasteiger partial charge in [-0.1, -0.05) is 26.0 Å². The van der Waals surface area contributed by atoms with Crippen LogP contribution in [-0.2, 0) is 6.54 Å². The SMILES string of the molecule is Cc1ccc2c(CN3C[C@H](C)C[C@H](C)C3)cc(=O)oc2c1C. The molecule has 3 nitrogen and oxygen atoms in total. The molecule has 0 bridgehead atoms. The number of hydrogen-bond donors (Lipinski definition) is 0. The fourth-order valence-electron chi connectivity index (χ4n) is 3.82. The Morgan fingerprint density at radius 3 is 2.55 bits per heavy atom. The number of hydrogen-bond acceptors (Lipinski definition) is 3. The molecule has 1 fully saturated rings. The summed E-state index contributed by atoms with van der Waals surface area (Å²) in [5.74, 6) is 1.44. The third-order valence-electron chi connectivity index (χ3n) is 4.86. The zero-order valence-corrected chi connectivity index (χ0v) is 14.0. The molecule has 3 rings (SSSR count). The van der Waals surface area contributed by atoms with Crippen LogP contribution in [0.25, 0.3) is 11.0 Å². The molecule has 0 spiro atoms. The first-order valence-electron chi connectivity index (χ1n) is 8.19. The van der Waals surface area contributed by atoms with E-state index in [0.717, 1.165) is 59.1 Å². The number of benzene rings is 1. The second-order valence-corrected chi connectivity index (χ2v) is 7.11. The van der Waals surface area contributed by atoms with Gasteiger partial charge >= 0.3 is 5.63 Å². The van der Waals surface area contributed by atoms with E-state index in [9.17, 15) is 4.79 Å². The number of piperidine rings is 1. The van der Waals surface area contributed by atoms with Gasteiger partial charge in [0, 0.05) is 31.1 Å². The molecule has 2 heterocycles. The Morgan fingerprint density at radius 2 is 1.86 bits per heavy atom. The zero-order chi connectivity index (χ0) is 15.9. The van der Waals surface area contributed by atoms with Crippen molar-refractivity contribution in [1.29, 1.82) is 0 Å². The van der Waals surface area contributed by atoms with E-state index in [-0.39, 0.29) is 5.63 Å². The quantitative estimate of drug-likeness (QED) is 0.789. The summed E-state index contributed by atoms with van der Waals surface area (Å²) in [6.45, 7) is 11.7. The first-order valence-corrected chi connectivity index (χ1v) is 8.19. The van der Waals surface area contributed by atoms with Crippen molar-refractivity contribution < 1.29 is 4.42 Å². The van der Waals surface area contributed by atoms with Gasteiger partial charge in [0.15, 0.2) is 0 Å². The molecule has 0 radical (unpaired) electrons. The second kappa shape index (κ2) is 5.88. The lowest BCUT2D eigenvalue weighted by Crippen LogP contribution is -2.38. The van der Waals surface area contributed by atoms with E-state index in [1.165, 1.54) is 6.42 Å². The molecule has 1 aliphatic heterocycles. The van der Waals surface area contributed by atoms with Crippen LogP contribution < -0.4 is 5.63 Å². The topological polar surface area (TPSA) is 33.5 Å². The van der Waals surface area contributed by atoms with E-state index in [1.54, 1.807) is 6.07 Å². The summed E-state index contributed by atoms with van der Waals surface area (Å²) < 4.78 is 5.47. The molecule has 1 saturated heterocycles. The van der Waals surface area contributed by atoms with E-state index in [1.807, 2.05) is 6.92 Å². The predicted octanol–water partition coefficient (Wildman–Crippen LogP) is 3.89. The molecule has 2 atom stereocenters. The van der Waals surface area contributed by atoms with Crippen molar-refractivity contribution in [3.8, 4) is 0 Å². The van der Waals surface area contributed by atoms with Gasteiger partial charge in [-0.2, -0.15) is 0 Å². The predicted molar refractivity (Wildman–Crippen MR) is 90.2 cm³/mol. The van der Waals surface area contributed by atoms with Gasteiger partial charge in [0.05, 0.1) is 0 Å². The first-order chi connectivity index (χ1) is 10.4. The van der Waals surface area contributed by atoms with Crippen molar-refractivity contribution in [2.45, 2.75) is 40.7 Å². The van der Waals surface area contributed by atoms with E-state index in [4.69, 9.17) is 4.42 Å². The molecule has 118 valence electrons. The average molecular weight is 299 g/mol. The number of likely N-dealkylation sites (tertiary alicyclic amines) is 1. The Kier molecular flexibility index (Phi) is 4.09. The van der Waals surface area contributed by atoms with Crippen molar-refractivity contribution >= 4 is 11.0 Å². The number of rotatable bonds is 2. The van der Waals surface area contributed by atoms with Gasteiger partial charge in [-0.15, -0.1) is 0 Å². The molecule has 2 aromatic rings. The first kappa shape index (κ1) is 15.3. The lowest BCUT2D eigenvalue weighted by molar-refractivity contribution is 0.134. The molecule has 3 heteroatoms. The summed E-state index contributed by atoms with van der Waals surface area (Å²) in [4.78, 5) is 14.4. The van der Waals surface area contributed by atoms with Gasteiger partial charge in [0.25, 0.3) is 0 Å². The minimum atomic E-state index is -0.241. The maximum atomic E-state index is 12.0. The molecule has 0 aliphatic carbocycles. The number of fused-ring (bicyclic) bond motifs is 1. The highest BCUT2D eigenvalue weighted by Crippen LogP contribution is 2.27. The average Bonchev–Trinajstić information content (AvgIpc) is 2.42. The van der Waals surface area contributed by atoms with Crippen molar-refractivity contribution in [3.63, 3.8) is 0 Å². The maximum absolute atomic E-state index is 12.0. The van der Waals surface area contributed by atoms with Crippen LogP contribution in [0.15, 0.2) is 27.4 Å². The molecular weight excluding hydrogens is 274 g/mol. The normalized spacial score (nSPS) is 23.1. The molecule has 22 heavy (non-hydrogen) atoms. The van der Waals surface area contributed by atoms with Gasteiger partial charge in [0.1, 0.15) is 5.58 Å². The van der Waals surface area contributed by atoms with Gasteiger partial charge in [-0.05, 0) is 48.8 Å². The van der Waals surface area contributed by atoms with Gasteiger partial charge in [-0.3, -0.25) is 4.90 Å². The van der Waals surface area contributed by atoms with Crippen LogP contribution in [0.4, 0.5) is 0 Å². The third-order valence-corrected chi connectivity index (χ3v) is 4.86. The summed E-state index contributed by atoms with van der Waals surface area (Å²) in [5, 5.41) is 1.08. The van der Waals surface area contributed by atoms with Gasteiger partial charge in [-0.25, -0.2) is 4.79 Å². The zero-order valence-electron chi connectivity index (χ0n) is 14.0. The van der Waals surface area contributed by atoms with Crippen LogP contribution in [0.1, 0.15) is 37.0 Å². The molecule has 0 amide bonds. The molecule has 1 aromatic heterocycles. The fraction of sp³-hybridized carbons (Fsp3) is 0.526. The molecule has 0 N–H and O–H groups in total. The summed E-state index contributed by atoms with van der Waals surface area (Å²) in [7, 11) is 0. The Bertz CT molecular complexity index is 737. The summed E-state index contributed by atoms with van der Waals surface area (Å²) >= 11 is 0. The van der Waals surface area contributed by atoms with Crippen molar-refractivity contribution in [2.75, 3.05) is 13.1 Å². The van der Waals surface area contributed by atoms with E-state index < -0.39 is 0 Å². The van der Waals surface area contributed by atoms with Gasteiger partial charge < -0.3 is 4.42 Å². The lowest BCUT2D eigenvalue weighted by Gasteiger charge is -2.35. The van der Waals surface area contributed by atoms with Crippen LogP contribution in [0.5, 0.6) is 0 Å². The largest absolute Gasteiger partial charge is 0.422 e. The highest BCUT2D eigenvalue weighted by atomic mass is 16.4. The summed E-state index contributed by atoms with van der Waals surface area (Å²) in [5.41, 5.74) is 3.83. The standard InChI is InChI=1S/C19H25NO2/c1-12-7-13(2)10-20(9-12)11-16-8-18(21)22-19-15(4)14(3)5-6-17(16)19/h5-6,8,12-13H,7,9-11H2,1-4H3/t12-,13+. The van der Waals surface area contributed by atoms with Crippen LogP contribution in [0.3, 0.4) is 0 Å². The highest BCUT2D eigenvalue weighted by Gasteiger charge is 2.22. The minimum Gasteiger partial charge on any atom is -0.422 e. The van der Waals surface area contributed by atoms with E-state index in [2.05, 4.69) is 37.8 Å². The van der Waals surface area contributed by atoms with Gasteiger partial charge in [0.2, 0.25) is 0 Å². The maximum Gasteiger partial charge on any atom is 0.336 e. The lowest BCUT2D eigenvalue weighted by atomic mass is 9.91. The second-order valence-electron chi connectivity index (χ2n) is 7.11. The molecule has 0 saturated carbocycles. The fourth-order valence-corrected chi connectivity index (χ4v) is 3.82. The van der Waals surface area contributed by atoms with Crippen molar-refractivity contribution in [2.24, 2.45) is 11.8 Å². The Balaban J connectivity index is 2.00. The summed E-state index contributed by atoms with van der Waals surface area (Å²) in [6.07, 6.45) is 1.30. The van der Waals surface area contributed by atoms with Crippen molar-refractivity contribution in [3.05, 3.63) is 45.3 Å². The molecule has 1 aromatic carbocycles. The smallest absolute Gasteiger partial charge is 0.336 e. The van der Waals surface area contributed by atoms with E-state index >= 15 is 0 Å². The van der Waals surface area contributed by atoms with Crippen LogP contribution >= 0.6 is 0 Å². The minimum absolute atomic E-state index is 0.241. The Morgan fingerprint density at radius 1 is 1.18 bits per heavy atom. The third kappa shape index (κ3) is 2.95. The Labute approximate surface area is 131 Å². The summed E-state index contributed by atoms with van der Waals surface area (Å²) in [6, 6.07) is 5.87. The Hall–Kier alpha value is -1.61. The molecular formula is C19H25NO2. The highest BCUT2D eigenvalue weighted by molar-refractivity contribution is 5.83. The monoisotopic (exact) mass is 299 g/mol. The van der Waals surface area contributed by atoms with Crippen LogP contribution in [0.2, 0.25) is 0 Å². The number of nitrogens with zero attached hydrogens (tertiary/aromatic N) is 1. The molecule has 0 unspecified atom stereocenters. The van der Waals surface area contributed by atoms with Crippen LogP contribution in [0, 0.1) is 25.7 Å².